The lowest BCUT2D eigenvalue weighted by Gasteiger charge is -2.27. The maximum absolute atomic E-state index is 13.0. The van der Waals surface area contributed by atoms with Crippen LogP contribution in [0.15, 0.2) is 77.7 Å². The third-order valence-corrected chi connectivity index (χ3v) is 7.67. The highest BCUT2D eigenvalue weighted by molar-refractivity contribution is 7.92. The maximum Gasteiger partial charge on any atom is 0.264 e. The number of sulfonamides is 1. The summed E-state index contributed by atoms with van der Waals surface area (Å²) in [6, 6.07) is 21.7. The number of anilines is 1. The van der Waals surface area contributed by atoms with Crippen LogP contribution in [0.1, 0.15) is 45.9 Å². The van der Waals surface area contributed by atoms with Crippen LogP contribution in [0.4, 0.5) is 5.69 Å². The normalized spacial score (nSPS) is 15.7. The molecule has 0 fully saturated rings. The Morgan fingerprint density at radius 2 is 1.71 bits per heavy atom. The molecule has 1 N–H and O–H groups in total. The Kier molecular flexibility index (Phi) is 5.83. The number of rotatable bonds is 5. The zero-order valence-electron chi connectivity index (χ0n) is 17.7. The molecule has 1 aliphatic carbocycles. The number of carbonyl (C=O) groups excluding carboxylic acids is 1. The van der Waals surface area contributed by atoms with Gasteiger partial charge in [-0.25, -0.2) is 8.42 Å². The van der Waals surface area contributed by atoms with Crippen molar-refractivity contribution in [2.45, 2.75) is 37.1 Å². The SMILES string of the molecule is Cc1ccc(C(=O)NC2CCCc3ccccc32)cc1N(C)S(=O)(=O)c1ccccc1. The molecule has 0 bridgehead atoms. The van der Waals surface area contributed by atoms with Gasteiger partial charge in [0, 0.05) is 12.6 Å². The number of carbonyl (C=O) groups is 1. The highest BCUT2D eigenvalue weighted by atomic mass is 32.2. The molecule has 31 heavy (non-hydrogen) atoms. The summed E-state index contributed by atoms with van der Waals surface area (Å²) in [6.07, 6.45) is 2.95. The van der Waals surface area contributed by atoms with Crippen molar-refractivity contribution in [2.75, 3.05) is 11.4 Å². The number of nitrogens with one attached hydrogen (secondary N) is 1. The van der Waals surface area contributed by atoms with Crippen LogP contribution >= 0.6 is 0 Å². The summed E-state index contributed by atoms with van der Waals surface area (Å²) in [7, 11) is -2.20. The van der Waals surface area contributed by atoms with Gasteiger partial charge in [-0.1, -0.05) is 48.5 Å². The van der Waals surface area contributed by atoms with Crippen molar-refractivity contribution in [3.8, 4) is 0 Å². The molecule has 0 saturated carbocycles. The third-order valence-electron chi connectivity index (χ3n) is 5.89. The second-order valence-corrected chi connectivity index (χ2v) is 9.87. The lowest BCUT2D eigenvalue weighted by molar-refractivity contribution is 0.0932. The average Bonchev–Trinajstić information content (AvgIpc) is 2.79. The molecular weight excluding hydrogens is 408 g/mol. The molecule has 1 atom stereocenters. The molecule has 1 unspecified atom stereocenters. The van der Waals surface area contributed by atoms with Crippen LogP contribution < -0.4 is 9.62 Å². The smallest absolute Gasteiger partial charge is 0.264 e. The van der Waals surface area contributed by atoms with Gasteiger partial charge in [0.05, 0.1) is 16.6 Å². The molecule has 3 aromatic carbocycles. The fourth-order valence-electron chi connectivity index (χ4n) is 4.12. The molecule has 0 aliphatic heterocycles. The Morgan fingerprint density at radius 3 is 2.48 bits per heavy atom. The van der Waals surface area contributed by atoms with E-state index in [9.17, 15) is 13.2 Å². The second kappa shape index (κ2) is 8.55. The number of fused-ring (bicyclic) bond motifs is 1. The molecule has 3 aromatic rings. The summed E-state index contributed by atoms with van der Waals surface area (Å²) in [5.41, 5.74) is 4.15. The van der Waals surface area contributed by atoms with E-state index in [4.69, 9.17) is 0 Å². The first kappa shape index (κ1) is 21.1. The molecular formula is C25H26N2O3S. The van der Waals surface area contributed by atoms with E-state index in [2.05, 4.69) is 17.4 Å². The van der Waals surface area contributed by atoms with Gasteiger partial charge in [0.1, 0.15) is 0 Å². The van der Waals surface area contributed by atoms with Gasteiger partial charge < -0.3 is 5.32 Å². The minimum atomic E-state index is -3.72. The van der Waals surface area contributed by atoms with E-state index >= 15 is 0 Å². The molecule has 0 aromatic heterocycles. The largest absolute Gasteiger partial charge is 0.345 e. The Labute approximate surface area is 183 Å². The van der Waals surface area contributed by atoms with Gasteiger partial charge in [0.2, 0.25) is 0 Å². The van der Waals surface area contributed by atoms with Crippen LogP contribution in [0.5, 0.6) is 0 Å². The Balaban J connectivity index is 1.60. The van der Waals surface area contributed by atoms with Crippen molar-refractivity contribution < 1.29 is 13.2 Å². The van der Waals surface area contributed by atoms with E-state index in [1.807, 2.05) is 19.1 Å². The van der Waals surface area contributed by atoms with Crippen molar-refractivity contribution >= 4 is 21.6 Å². The predicted octanol–water partition coefficient (Wildman–Crippen LogP) is 4.63. The second-order valence-electron chi connectivity index (χ2n) is 7.90. The Hall–Kier alpha value is -3.12. The summed E-state index contributed by atoms with van der Waals surface area (Å²) in [6.45, 7) is 1.84. The summed E-state index contributed by atoms with van der Waals surface area (Å²) in [5.74, 6) is -0.200. The Bertz CT molecular complexity index is 1210. The van der Waals surface area contributed by atoms with E-state index in [0.29, 0.717) is 11.3 Å². The van der Waals surface area contributed by atoms with Gasteiger partial charge in [-0.2, -0.15) is 0 Å². The van der Waals surface area contributed by atoms with Crippen LogP contribution in [-0.4, -0.2) is 21.4 Å². The molecule has 6 heteroatoms. The first-order chi connectivity index (χ1) is 14.9. The molecule has 1 aliphatic rings. The minimum absolute atomic E-state index is 0.0343. The number of aryl methyl sites for hydroxylation is 2. The fraction of sp³-hybridized carbons (Fsp3) is 0.240. The van der Waals surface area contributed by atoms with E-state index in [-0.39, 0.29) is 16.8 Å². The summed E-state index contributed by atoms with van der Waals surface area (Å²) in [5, 5.41) is 3.14. The molecule has 0 heterocycles. The third kappa shape index (κ3) is 4.21. The van der Waals surface area contributed by atoms with Gasteiger partial charge in [-0.3, -0.25) is 9.10 Å². The van der Waals surface area contributed by atoms with Gasteiger partial charge in [0.15, 0.2) is 0 Å². The van der Waals surface area contributed by atoms with Crippen molar-refractivity contribution in [2.24, 2.45) is 0 Å². The minimum Gasteiger partial charge on any atom is -0.345 e. The average molecular weight is 435 g/mol. The highest BCUT2D eigenvalue weighted by Gasteiger charge is 2.25. The van der Waals surface area contributed by atoms with E-state index in [0.717, 1.165) is 24.8 Å². The van der Waals surface area contributed by atoms with Crippen LogP contribution in [-0.2, 0) is 16.4 Å². The molecule has 0 spiro atoms. The summed E-state index contributed by atoms with van der Waals surface area (Å²) in [4.78, 5) is 13.3. The molecule has 1 amide bonds. The topological polar surface area (TPSA) is 66.5 Å². The molecule has 0 saturated heterocycles. The predicted molar refractivity (Wildman–Crippen MR) is 123 cm³/mol. The van der Waals surface area contributed by atoms with Gasteiger partial charge in [0.25, 0.3) is 15.9 Å². The van der Waals surface area contributed by atoms with Crippen LogP contribution in [0.3, 0.4) is 0 Å². The number of amides is 1. The highest BCUT2D eigenvalue weighted by Crippen LogP contribution is 2.31. The van der Waals surface area contributed by atoms with Crippen LogP contribution in [0.2, 0.25) is 0 Å². The zero-order valence-corrected chi connectivity index (χ0v) is 18.5. The van der Waals surface area contributed by atoms with Gasteiger partial charge >= 0.3 is 0 Å². The molecule has 4 rings (SSSR count). The van der Waals surface area contributed by atoms with E-state index < -0.39 is 10.0 Å². The van der Waals surface area contributed by atoms with E-state index in [1.165, 1.54) is 22.5 Å². The maximum atomic E-state index is 13.0. The monoisotopic (exact) mass is 434 g/mol. The standard InChI is InChI=1S/C25H26N2O3S/c1-18-15-16-20(17-24(18)27(2)31(29,30)21-11-4-3-5-12-21)25(28)26-23-14-8-10-19-9-6-7-13-22(19)23/h3-7,9,11-13,15-17,23H,8,10,14H2,1-2H3,(H,26,28). The first-order valence-electron chi connectivity index (χ1n) is 10.4. The Morgan fingerprint density at radius 1 is 1.00 bits per heavy atom. The van der Waals surface area contributed by atoms with Crippen LogP contribution in [0, 0.1) is 6.92 Å². The summed E-state index contributed by atoms with van der Waals surface area (Å²) >= 11 is 0. The zero-order chi connectivity index (χ0) is 22.0. The molecule has 160 valence electrons. The number of benzene rings is 3. The summed E-state index contributed by atoms with van der Waals surface area (Å²) < 4.78 is 27.3. The molecule has 5 nitrogen and oxygen atoms in total. The lowest BCUT2D eigenvalue weighted by atomic mass is 9.87. The van der Waals surface area contributed by atoms with Crippen LogP contribution in [0.25, 0.3) is 0 Å². The number of hydrogen-bond donors (Lipinski definition) is 1. The first-order valence-corrected chi connectivity index (χ1v) is 11.9. The van der Waals surface area contributed by atoms with Crippen molar-refractivity contribution in [3.05, 3.63) is 95.1 Å². The van der Waals surface area contributed by atoms with Crippen molar-refractivity contribution in [1.82, 2.24) is 5.32 Å². The van der Waals surface area contributed by atoms with Crippen molar-refractivity contribution in [1.29, 1.82) is 0 Å². The van der Waals surface area contributed by atoms with Crippen molar-refractivity contribution in [3.63, 3.8) is 0 Å². The van der Waals surface area contributed by atoms with Gasteiger partial charge in [-0.05, 0) is 67.1 Å². The number of nitrogens with zero attached hydrogens (tertiary/aromatic N) is 1. The fourth-order valence-corrected chi connectivity index (χ4v) is 5.39. The lowest BCUT2D eigenvalue weighted by Crippen LogP contribution is -2.31. The number of hydrogen-bond acceptors (Lipinski definition) is 3. The quantitative estimate of drug-likeness (QED) is 0.637. The van der Waals surface area contributed by atoms with Gasteiger partial charge in [-0.15, -0.1) is 0 Å². The van der Waals surface area contributed by atoms with E-state index in [1.54, 1.807) is 48.5 Å². The molecule has 0 radical (unpaired) electrons.